The molecule has 14 heavy (non-hydrogen) atoms. The van der Waals surface area contributed by atoms with E-state index in [0.717, 1.165) is 0 Å². The van der Waals surface area contributed by atoms with Crippen molar-refractivity contribution in [2.24, 2.45) is 0 Å². The first-order valence-corrected chi connectivity index (χ1v) is 7.74. The summed E-state index contributed by atoms with van der Waals surface area (Å²) in [5.41, 5.74) is 0. The molecule has 0 rings (SSSR count). The lowest BCUT2D eigenvalue weighted by Crippen LogP contribution is -2.40. The van der Waals surface area contributed by atoms with Crippen molar-refractivity contribution < 1.29 is 14.5 Å². The van der Waals surface area contributed by atoms with Crippen molar-refractivity contribution in [1.82, 2.24) is 0 Å². The van der Waals surface area contributed by atoms with Crippen molar-refractivity contribution >= 4 is 15.4 Å². The van der Waals surface area contributed by atoms with Crippen LogP contribution in [0.25, 0.3) is 0 Å². The summed E-state index contributed by atoms with van der Waals surface area (Å²) in [6.45, 7) is 11.3. The third-order valence-electron chi connectivity index (χ3n) is 2.65. The molecule has 0 fully saturated rings. The molecule has 0 saturated carbocycles. The van der Waals surface area contributed by atoms with Crippen LogP contribution in [0.1, 0.15) is 20.8 Å². The summed E-state index contributed by atoms with van der Waals surface area (Å²) in [5.74, 6) is 1.31. The van der Waals surface area contributed by atoms with Gasteiger partial charge in [0.1, 0.15) is 0 Å². The van der Waals surface area contributed by atoms with E-state index in [9.17, 15) is 0 Å². The fourth-order valence-electron chi connectivity index (χ4n) is 0.650. The molecule has 0 amide bonds. The number of hydrogen-bond donors (Lipinski definition) is 2. The second-order valence-corrected chi connectivity index (χ2v) is 9.72. The summed E-state index contributed by atoms with van der Waals surface area (Å²) in [7, 11) is -3.07. The molecule has 0 bridgehead atoms. The highest BCUT2D eigenvalue weighted by molar-refractivity contribution is 6.74. The van der Waals surface area contributed by atoms with Gasteiger partial charge in [0.05, 0.1) is 6.61 Å². The molecule has 0 radical (unpaired) electrons. The van der Waals surface area contributed by atoms with Crippen LogP contribution in [0.5, 0.6) is 0 Å². The Morgan fingerprint density at radius 1 is 1.29 bits per heavy atom. The van der Waals surface area contributed by atoms with Crippen molar-refractivity contribution in [3.63, 3.8) is 0 Å². The predicted octanol–water partition coefficient (Wildman–Crippen LogP) is 1.58. The van der Waals surface area contributed by atoms with Crippen LogP contribution in [0.3, 0.4) is 0 Å². The lowest BCUT2D eigenvalue weighted by molar-refractivity contribution is 0.327. The van der Waals surface area contributed by atoms with Crippen LogP contribution in [-0.4, -0.2) is 32.1 Å². The predicted molar refractivity (Wildman–Crippen MR) is 62.5 cm³/mol. The van der Waals surface area contributed by atoms with E-state index in [-0.39, 0.29) is 5.04 Å². The van der Waals surface area contributed by atoms with Gasteiger partial charge >= 0.3 is 7.12 Å². The van der Waals surface area contributed by atoms with Gasteiger partial charge in [-0.25, -0.2) is 0 Å². The quantitative estimate of drug-likeness (QED) is 0.701. The van der Waals surface area contributed by atoms with E-state index in [1.807, 2.05) is 0 Å². The Labute approximate surface area is 88.1 Å². The van der Waals surface area contributed by atoms with Gasteiger partial charge in [0.25, 0.3) is 0 Å². The SMILES string of the molecule is CC(C)(C)[Si](C)(C)OCC=CB(O)O. The van der Waals surface area contributed by atoms with E-state index in [4.69, 9.17) is 14.5 Å². The van der Waals surface area contributed by atoms with Gasteiger partial charge in [0.2, 0.25) is 0 Å². The van der Waals surface area contributed by atoms with Gasteiger partial charge in [0.15, 0.2) is 8.32 Å². The molecule has 0 aromatic heterocycles. The van der Waals surface area contributed by atoms with E-state index >= 15 is 0 Å². The Hall–Kier alpha value is -0.0982. The van der Waals surface area contributed by atoms with Gasteiger partial charge in [0, 0.05) is 0 Å². The maximum atomic E-state index is 8.57. The molecule has 0 aliphatic heterocycles. The van der Waals surface area contributed by atoms with Crippen molar-refractivity contribution in [1.29, 1.82) is 0 Å². The largest absolute Gasteiger partial charge is 0.480 e. The monoisotopic (exact) mass is 216 g/mol. The van der Waals surface area contributed by atoms with Gasteiger partial charge in [-0.3, -0.25) is 0 Å². The average molecular weight is 216 g/mol. The topological polar surface area (TPSA) is 49.7 Å². The van der Waals surface area contributed by atoms with Crippen molar-refractivity contribution in [3.8, 4) is 0 Å². The molecule has 0 aromatic carbocycles. The zero-order chi connectivity index (χ0) is 11.4. The van der Waals surface area contributed by atoms with E-state index in [2.05, 4.69) is 33.9 Å². The Morgan fingerprint density at radius 3 is 2.14 bits per heavy atom. The maximum absolute atomic E-state index is 8.57. The first kappa shape index (κ1) is 13.9. The Morgan fingerprint density at radius 2 is 1.79 bits per heavy atom. The molecule has 0 unspecified atom stereocenters. The smallest absolute Gasteiger partial charge is 0.424 e. The maximum Gasteiger partial charge on any atom is 0.480 e. The Kier molecular flexibility index (Phi) is 5.08. The summed E-state index contributed by atoms with van der Waals surface area (Å²) < 4.78 is 5.77. The fraction of sp³-hybridized carbons (Fsp3) is 0.778. The molecule has 3 nitrogen and oxygen atoms in total. The summed E-state index contributed by atoms with van der Waals surface area (Å²) in [6, 6.07) is 0. The normalized spacial score (nSPS) is 13.6. The van der Waals surface area contributed by atoms with Crippen LogP contribution in [0.4, 0.5) is 0 Å². The molecule has 2 N–H and O–H groups in total. The molecule has 0 saturated heterocycles. The van der Waals surface area contributed by atoms with Gasteiger partial charge in [-0.05, 0) is 18.1 Å². The fourth-order valence-corrected chi connectivity index (χ4v) is 1.60. The molecule has 5 heteroatoms. The van der Waals surface area contributed by atoms with Crippen LogP contribution in [-0.2, 0) is 4.43 Å². The van der Waals surface area contributed by atoms with Crippen LogP contribution in [0.15, 0.2) is 12.1 Å². The Bertz CT molecular complexity index is 197. The van der Waals surface area contributed by atoms with Gasteiger partial charge in [-0.15, -0.1) is 0 Å². The van der Waals surface area contributed by atoms with Crippen LogP contribution >= 0.6 is 0 Å². The highest BCUT2D eigenvalue weighted by atomic mass is 28.4. The molecule has 0 spiro atoms. The van der Waals surface area contributed by atoms with E-state index in [1.165, 1.54) is 5.98 Å². The lowest BCUT2D eigenvalue weighted by Gasteiger charge is -2.35. The summed E-state index contributed by atoms with van der Waals surface area (Å²) in [6.07, 6.45) is 1.64. The van der Waals surface area contributed by atoms with Gasteiger partial charge < -0.3 is 14.5 Å². The zero-order valence-electron chi connectivity index (χ0n) is 9.74. The third kappa shape index (κ3) is 4.95. The third-order valence-corrected chi connectivity index (χ3v) is 7.16. The molecular weight excluding hydrogens is 195 g/mol. The first-order chi connectivity index (χ1) is 6.17. The van der Waals surface area contributed by atoms with Crippen LogP contribution in [0.2, 0.25) is 18.1 Å². The minimum atomic E-state index is -1.69. The lowest BCUT2D eigenvalue weighted by atomic mass is 9.92. The zero-order valence-corrected chi connectivity index (χ0v) is 10.7. The van der Waals surface area contributed by atoms with E-state index in [1.54, 1.807) is 6.08 Å². The second-order valence-electron chi connectivity index (χ2n) is 4.91. The molecule has 0 aliphatic rings. The number of hydrogen-bond acceptors (Lipinski definition) is 3. The summed E-state index contributed by atoms with van der Waals surface area (Å²) in [5, 5.41) is 17.3. The first-order valence-electron chi connectivity index (χ1n) is 4.83. The summed E-state index contributed by atoms with van der Waals surface area (Å²) in [4.78, 5) is 0. The molecule has 0 aromatic rings. The van der Waals surface area contributed by atoms with Crippen LogP contribution < -0.4 is 0 Å². The van der Waals surface area contributed by atoms with Gasteiger partial charge in [-0.2, -0.15) is 0 Å². The molecule has 82 valence electrons. The van der Waals surface area contributed by atoms with E-state index in [0.29, 0.717) is 6.61 Å². The van der Waals surface area contributed by atoms with Crippen molar-refractivity contribution in [3.05, 3.63) is 12.1 Å². The molecule has 0 aliphatic carbocycles. The average Bonchev–Trinajstić information content (AvgIpc) is 1.95. The van der Waals surface area contributed by atoms with Crippen molar-refractivity contribution in [2.45, 2.75) is 38.9 Å². The molecular formula is C9H21BO3Si. The molecule has 0 heterocycles. The minimum Gasteiger partial charge on any atom is -0.424 e. The standard InChI is InChI=1S/C9H21BO3Si/c1-9(2,3)14(4,5)13-8-6-7-10(11)12/h6-7,11-12H,8H2,1-5H3. The van der Waals surface area contributed by atoms with Gasteiger partial charge in [-0.1, -0.05) is 32.8 Å². The van der Waals surface area contributed by atoms with E-state index < -0.39 is 15.4 Å². The number of rotatable bonds is 4. The molecule has 0 atom stereocenters. The summed E-state index contributed by atoms with van der Waals surface area (Å²) >= 11 is 0. The van der Waals surface area contributed by atoms with Crippen LogP contribution in [0, 0.1) is 0 Å². The minimum absolute atomic E-state index is 0.193. The highest BCUT2D eigenvalue weighted by Gasteiger charge is 2.36. The second kappa shape index (κ2) is 5.12. The Balaban J connectivity index is 4.01. The highest BCUT2D eigenvalue weighted by Crippen LogP contribution is 2.36. The van der Waals surface area contributed by atoms with Crippen molar-refractivity contribution in [2.75, 3.05) is 6.61 Å².